The van der Waals surface area contributed by atoms with E-state index in [9.17, 15) is 4.79 Å². The lowest BCUT2D eigenvalue weighted by Crippen LogP contribution is -2.50. The molecule has 0 spiro atoms. The Labute approximate surface area is 123 Å². The van der Waals surface area contributed by atoms with Crippen LogP contribution in [0.1, 0.15) is 13.8 Å². The molecule has 112 valence electrons. The topological polar surface area (TPSA) is 74.5 Å². The lowest BCUT2D eigenvalue weighted by atomic mass is 10.2. The predicted molar refractivity (Wildman–Crippen MR) is 78.4 cm³/mol. The van der Waals surface area contributed by atoms with Gasteiger partial charge < -0.3 is 14.9 Å². The summed E-state index contributed by atoms with van der Waals surface area (Å²) >= 11 is 1.22. The third-order valence-electron chi connectivity index (χ3n) is 3.58. The Morgan fingerprint density at radius 1 is 1.45 bits per heavy atom. The fourth-order valence-corrected chi connectivity index (χ4v) is 2.97. The van der Waals surface area contributed by atoms with Crippen molar-refractivity contribution in [1.82, 2.24) is 19.7 Å². The minimum atomic E-state index is -0.838. The van der Waals surface area contributed by atoms with Crippen LogP contribution in [0.25, 0.3) is 0 Å². The van der Waals surface area contributed by atoms with Crippen molar-refractivity contribution in [2.24, 2.45) is 0 Å². The number of aromatic nitrogens is 3. The smallest absolute Gasteiger partial charge is 0.313 e. The van der Waals surface area contributed by atoms with Crippen LogP contribution >= 0.6 is 11.8 Å². The zero-order valence-electron chi connectivity index (χ0n) is 12.1. The number of thioether (sulfide) groups is 1. The summed E-state index contributed by atoms with van der Waals surface area (Å²) in [4.78, 5) is 15.2. The number of likely N-dealkylation sites (N-methyl/N-ethyl adjacent to an activating group) is 1. The van der Waals surface area contributed by atoms with E-state index in [0.717, 1.165) is 32.1 Å². The van der Waals surface area contributed by atoms with Crippen LogP contribution in [0.15, 0.2) is 5.16 Å². The van der Waals surface area contributed by atoms with Crippen molar-refractivity contribution in [3.63, 3.8) is 0 Å². The Kier molecular flexibility index (Phi) is 4.87. The number of hydrogen-bond acceptors (Lipinski definition) is 6. The van der Waals surface area contributed by atoms with Crippen molar-refractivity contribution in [3.05, 3.63) is 0 Å². The first-order valence-electron chi connectivity index (χ1n) is 6.76. The maximum atomic E-state index is 10.7. The van der Waals surface area contributed by atoms with Crippen molar-refractivity contribution in [3.8, 4) is 0 Å². The molecule has 1 aliphatic rings. The Morgan fingerprint density at radius 2 is 2.20 bits per heavy atom. The molecule has 0 radical (unpaired) electrons. The number of carboxylic acid groups (broad SMARTS) is 1. The fraction of sp³-hybridized carbons (Fsp3) is 0.750. The molecular formula is C12H21N5O2S. The van der Waals surface area contributed by atoms with E-state index < -0.39 is 5.97 Å². The molecule has 2 rings (SSSR count). The van der Waals surface area contributed by atoms with Crippen LogP contribution in [0, 0.1) is 0 Å². The van der Waals surface area contributed by atoms with Gasteiger partial charge in [-0.25, -0.2) is 0 Å². The summed E-state index contributed by atoms with van der Waals surface area (Å²) in [6, 6.07) is 0.473. The summed E-state index contributed by atoms with van der Waals surface area (Å²) in [5, 5.41) is 17.8. The van der Waals surface area contributed by atoms with Gasteiger partial charge in [0.25, 0.3) is 0 Å². The second-order valence-electron chi connectivity index (χ2n) is 4.98. The summed E-state index contributed by atoms with van der Waals surface area (Å²) in [5.41, 5.74) is 0. The number of hydrogen-bond donors (Lipinski definition) is 1. The average molecular weight is 299 g/mol. The Hall–Kier alpha value is -1.28. The van der Waals surface area contributed by atoms with E-state index in [0.29, 0.717) is 11.2 Å². The molecule has 1 atom stereocenters. The molecule has 1 N–H and O–H groups in total. The second kappa shape index (κ2) is 6.45. The van der Waals surface area contributed by atoms with Gasteiger partial charge in [-0.2, -0.15) is 0 Å². The van der Waals surface area contributed by atoms with E-state index in [1.54, 1.807) is 0 Å². The molecule has 20 heavy (non-hydrogen) atoms. The lowest BCUT2D eigenvalue weighted by molar-refractivity contribution is -0.133. The van der Waals surface area contributed by atoms with Crippen LogP contribution in [-0.2, 0) is 11.3 Å². The van der Waals surface area contributed by atoms with E-state index in [1.165, 1.54) is 11.8 Å². The van der Waals surface area contributed by atoms with Crippen LogP contribution in [0.3, 0.4) is 0 Å². The highest BCUT2D eigenvalue weighted by atomic mass is 32.2. The third kappa shape index (κ3) is 3.24. The molecule has 1 unspecified atom stereocenters. The number of carboxylic acids is 1. The van der Waals surface area contributed by atoms with Crippen LogP contribution in [0.4, 0.5) is 5.95 Å². The van der Waals surface area contributed by atoms with E-state index in [-0.39, 0.29) is 5.75 Å². The minimum absolute atomic E-state index is 0.0112. The van der Waals surface area contributed by atoms with E-state index in [1.807, 2.05) is 11.5 Å². The van der Waals surface area contributed by atoms with Gasteiger partial charge in [0.05, 0.1) is 5.75 Å². The van der Waals surface area contributed by atoms with Gasteiger partial charge in [0, 0.05) is 32.2 Å². The average Bonchev–Trinajstić information content (AvgIpc) is 2.82. The van der Waals surface area contributed by atoms with Crippen molar-refractivity contribution < 1.29 is 9.90 Å². The van der Waals surface area contributed by atoms with E-state index in [2.05, 4.69) is 34.0 Å². The summed E-state index contributed by atoms with van der Waals surface area (Å²) in [7, 11) is 2.13. The Bertz CT molecular complexity index is 478. The number of aliphatic carboxylic acids is 1. The van der Waals surface area contributed by atoms with Gasteiger partial charge in [-0.05, 0) is 20.9 Å². The fourth-order valence-electron chi connectivity index (χ4n) is 2.25. The number of rotatable bonds is 5. The molecule has 1 aliphatic heterocycles. The highest BCUT2D eigenvalue weighted by molar-refractivity contribution is 7.99. The van der Waals surface area contributed by atoms with Crippen LogP contribution in [-0.4, -0.2) is 69.2 Å². The lowest BCUT2D eigenvalue weighted by Gasteiger charge is -2.38. The summed E-state index contributed by atoms with van der Waals surface area (Å²) < 4.78 is 1.99. The molecule has 2 heterocycles. The van der Waals surface area contributed by atoms with Crippen LogP contribution in [0.5, 0.6) is 0 Å². The van der Waals surface area contributed by atoms with Crippen LogP contribution < -0.4 is 4.90 Å². The van der Waals surface area contributed by atoms with E-state index in [4.69, 9.17) is 5.11 Å². The van der Waals surface area contributed by atoms with Crippen molar-refractivity contribution in [2.75, 3.05) is 37.3 Å². The molecule has 1 aromatic rings. The molecule has 8 heteroatoms. The number of carbonyl (C=O) groups is 1. The number of anilines is 1. The normalized spacial score (nSPS) is 20.4. The maximum absolute atomic E-state index is 10.7. The SMILES string of the molecule is CCn1c(SCC(=O)O)nnc1N1CCN(C)C(C)C1. The minimum Gasteiger partial charge on any atom is -0.481 e. The van der Waals surface area contributed by atoms with Gasteiger partial charge in [-0.15, -0.1) is 10.2 Å². The van der Waals surface area contributed by atoms with Crippen molar-refractivity contribution in [1.29, 1.82) is 0 Å². The quantitative estimate of drug-likeness (QED) is 0.799. The highest BCUT2D eigenvalue weighted by Crippen LogP contribution is 2.23. The first-order chi connectivity index (χ1) is 9.52. The largest absolute Gasteiger partial charge is 0.481 e. The maximum Gasteiger partial charge on any atom is 0.313 e. The zero-order chi connectivity index (χ0) is 14.7. The van der Waals surface area contributed by atoms with Gasteiger partial charge in [0.1, 0.15) is 0 Å². The molecule has 1 fully saturated rings. The molecule has 1 saturated heterocycles. The first kappa shape index (κ1) is 15.1. The van der Waals surface area contributed by atoms with E-state index >= 15 is 0 Å². The summed E-state index contributed by atoms with van der Waals surface area (Å²) in [6.07, 6.45) is 0. The van der Waals surface area contributed by atoms with Crippen molar-refractivity contribution in [2.45, 2.75) is 31.6 Å². The Morgan fingerprint density at radius 3 is 2.80 bits per heavy atom. The van der Waals surface area contributed by atoms with Gasteiger partial charge in [0.15, 0.2) is 5.16 Å². The zero-order valence-corrected chi connectivity index (χ0v) is 12.9. The first-order valence-corrected chi connectivity index (χ1v) is 7.74. The molecule has 0 bridgehead atoms. The molecule has 0 amide bonds. The molecular weight excluding hydrogens is 278 g/mol. The molecule has 0 aromatic carbocycles. The number of nitrogens with zero attached hydrogens (tertiary/aromatic N) is 5. The van der Waals surface area contributed by atoms with Crippen molar-refractivity contribution >= 4 is 23.7 Å². The Balaban J connectivity index is 2.13. The number of piperazine rings is 1. The monoisotopic (exact) mass is 299 g/mol. The summed E-state index contributed by atoms with van der Waals surface area (Å²) in [6.45, 7) is 7.79. The van der Waals surface area contributed by atoms with Gasteiger partial charge >= 0.3 is 5.97 Å². The molecule has 0 saturated carbocycles. The predicted octanol–water partition coefficient (Wildman–Crippen LogP) is 0.615. The second-order valence-corrected chi connectivity index (χ2v) is 5.93. The standard InChI is InChI=1S/C12H21N5O2S/c1-4-17-11(13-14-12(17)20-8-10(18)19)16-6-5-15(3)9(2)7-16/h9H,4-8H2,1-3H3,(H,18,19). The summed E-state index contributed by atoms with van der Waals surface area (Å²) in [5.74, 6) is 0.0211. The van der Waals surface area contributed by atoms with Crippen LogP contribution in [0.2, 0.25) is 0 Å². The third-order valence-corrected chi connectivity index (χ3v) is 4.53. The van der Waals surface area contributed by atoms with Gasteiger partial charge in [0.2, 0.25) is 5.95 Å². The highest BCUT2D eigenvalue weighted by Gasteiger charge is 2.25. The molecule has 0 aliphatic carbocycles. The molecule has 1 aromatic heterocycles. The van der Waals surface area contributed by atoms with Gasteiger partial charge in [-0.1, -0.05) is 11.8 Å². The van der Waals surface area contributed by atoms with Gasteiger partial charge in [-0.3, -0.25) is 9.36 Å². The molecule has 7 nitrogen and oxygen atoms in total.